The van der Waals surface area contributed by atoms with Crippen LogP contribution in [0.25, 0.3) is 0 Å². The Labute approximate surface area is 69.4 Å². The van der Waals surface area contributed by atoms with Gasteiger partial charge < -0.3 is 0 Å². The van der Waals surface area contributed by atoms with Crippen molar-refractivity contribution in [2.24, 2.45) is 0 Å². The molecule has 0 saturated carbocycles. The SMILES string of the molecule is CCC(Br)(Br)CBr. The molecule has 44 valence electrons. The van der Waals surface area contributed by atoms with E-state index in [0.29, 0.717) is 0 Å². The summed E-state index contributed by atoms with van der Waals surface area (Å²) in [4.78, 5) is 0. The lowest BCUT2D eigenvalue weighted by molar-refractivity contribution is 0.894. The summed E-state index contributed by atoms with van der Waals surface area (Å²) in [6.07, 6.45) is 1.08. The first-order valence-corrected chi connectivity index (χ1v) is 4.77. The fourth-order valence-corrected chi connectivity index (χ4v) is 0.491. The molecule has 0 unspecified atom stereocenters. The molecule has 0 heterocycles. The minimum atomic E-state index is 0.125. The van der Waals surface area contributed by atoms with Gasteiger partial charge in [-0.1, -0.05) is 54.7 Å². The maximum Gasteiger partial charge on any atom is 0.0899 e. The minimum Gasteiger partial charge on any atom is -0.0904 e. The first-order valence-electron chi connectivity index (χ1n) is 2.06. The van der Waals surface area contributed by atoms with Gasteiger partial charge in [0.25, 0.3) is 0 Å². The molecule has 0 aromatic carbocycles. The molecule has 0 atom stereocenters. The van der Waals surface area contributed by atoms with E-state index in [0.717, 1.165) is 11.8 Å². The van der Waals surface area contributed by atoms with Crippen molar-refractivity contribution in [3.63, 3.8) is 0 Å². The van der Waals surface area contributed by atoms with E-state index in [9.17, 15) is 0 Å². The van der Waals surface area contributed by atoms with Crippen molar-refractivity contribution in [3.8, 4) is 0 Å². The second-order valence-corrected chi connectivity index (χ2v) is 6.00. The molecule has 0 aromatic rings. The van der Waals surface area contributed by atoms with Crippen molar-refractivity contribution < 1.29 is 0 Å². The van der Waals surface area contributed by atoms with E-state index < -0.39 is 0 Å². The summed E-state index contributed by atoms with van der Waals surface area (Å²) >= 11 is 10.2. The maximum absolute atomic E-state index is 3.45. The molecule has 0 N–H and O–H groups in total. The summed E-state index contributed by atoms with van der Waals surface area (Å²) in [6, 6.07) is 0. The van der Waals surface area contributed by atoms with Crippen LogP contribution >= 0.6 is 47.8 Å². The number of hydrogen-bond acceptors (Lipinski definition) is 0. The third-order valence-electron chi connectivity index (χ3n) is 0.713. The van der Waals surface area contributed by atoms with E-state index in [1.54, 1.807) is 0 Å². The van der Waals surface area contributed by atoms with E-state index >= 15 is 0 Å². The van der Waals surface area contributed by atoms with Crippen molar-refractivity contribution >= 4 is 47.8 Å². The van der Waals surface area contributed by atoms with Crippen LogP contribution in [-0.2, 0) is 0 Å². The second-order valence-electron chi connectivity index (χ2n) is 1.34. The van der Waals surface area contributed by atoms with E-state index in [2.05, 4.69) is 54.7 Å². The van der Waals surface area contributed by atoms with Gasteiger partial charge in [0, 0.05) is 5.33 Å². The molecule has 0 radical (unpaired) electrons. The molecular weight excluding hydrogens is 288 g/mol. The summed E-state index contributed by atoms with van der Waals surface area (Å²) in [6.45, 7) is 2.12. The summed E-state index contributed by atoms with van der Waals surface area (Å²) in [5.41, 5.74) is 0. The molecule has 0 rings (SSSR count). The van der Waals surface area contributed by atoms with Gasteiger partial charge in [-0.25, -0.2) is 0 Å². The van der Waals surface area contributed by atoms with Crippen LogP contribution in [0.15, 0.2) is 0 Å². The Morgan fingerprint density at radius 1 is 1.43 bits per heavy atom. The van der Waals surface area contributed by atoms with Gasteiger partial charge in [-0.05, 0) is 6.42 Å². The number of hydrogen-bond donors (Lipinski definition) is 0. The van der Waals surface area contributed by atoms with Gasteiger partial charge in [0.2, 0.25) is 0 Å². The van der Waals surface area contributed by atoms with Gasteiger partial charge in [0.1, 0.15) is 0 Å². The highest BCUT2D eigenvalue weighted by Crippen LogP contribution is 2.31. The first kappa shape index (κ1) is 8.44. The van der Waals surface area contributed by atoms with Crippen molar-refractivity contribution in [2.75, 3.05) is 5.33 Å². The highest BCUT2D eigenvalue weighted by molar-refractivity contribution is 9.26. The normalized spacial score (nSPS) is 12.0. The van der Waals surface area contributed by atoms with Crippen molar-refractivity contribution in [3.05, 3.63) is 0 Å². The molecule has 0 amide bonds. The summed E-state index contributed by atoms with van der Waals surface area (Å²) in [7, 11) is 0. The second kappa shape index (κ2) is 3.46. The molecule has 3 heteroatoms. The van der Waals surface area contributed by atoms with Gasteiger partial charge in [0.15, 0.2) is 0 Å². The summed E-state index contributed by atoms with van der Waals surface area (Å²) < 4.78 is 0.125. The smallest absolute Gasteiger partial charge is 0.0899 e. The zero-order chi connectivity index (χ0) is 5.91. The number of rotatable bonds is 2. The zero-order valence-electron chi connectivity index (χ0n) is 4.05. The minimum absolute atomic E-state index is 0.125. The van der Waals surface area contributed by atoms with Gasteiger partial charge >= 0.3 is 0 Å². The molecule has 0 aliphatic rings. The monoisotopic (exact) mass is 292 g/mol. The highest BCUT2D eigenvalue weighted by atomic mass is 79.9. The van der Waals surface area contributed by atoms with Crippen LogP contribution in [0.1, 0.15) is 13.3 Å². The Morgan fingerprint density at radius 3 is 1.86 bits per heavy atom. The third-order valence-corrected chi connectivity index (χ3v) is 4.86. The molecular formula is C4H7Br3. The molecule has 7 heavy (non-hydrogen) atoms. The fourth-order valence-electron chi connectivity index (χ4n) is 0.0945. The van der Waals surface area contributed by atoms with Crippen molar-refractivity contribution in [1.82, 2.24) is 0 Å². The average Bonchev–Trinajstić information content (AvgIpc) is 1.68. The molecule has 0 saturated heterocycles. The standard InChI is InChI=1S/C4H7Br3/c1-2-4(6,7)3-5/h2-3H2,1H3. The summed E-state index contributed by atoms with van der Waals surface area (Å²) in [5, 5.41) is 0.941. The van der Waals surface area contributed by atoms with Crippen molar-refractivity contribution in [1.29, 1.82) is 0 Å². The lowest BCUT2D eigenvalue weighted by atomic mass is 10.4. The fraction of sp³-hybridized carbons (Fsp3) is 1.00. The Kier molecular flexibility index (Phi) is 4.17. The molecule has 0 bridgehead atoms. The van der Waals surface area contributed by atoms with E-state index in [-0.39, 0.29) is 3.23 Å². The van der Waals surface area contributed by atoms with Crippen LogP contribution in [-0.4, -0.2) is 8.56 Å². The van der Waals surface area contributed by atoms with Crippen LogP contribution in [0, 0.1) is 0 Å². The van der Waals surface area contributed by atoms with E-state index in [1.165, 1.54) is 0 Å². The molecule has 0 aliphatic carbocycles. The van der Waals surface area contributed by atoms with Crippen LogP contribution in [0.5, 0.6) is 0 Å². The van der Waals surface area contributed by atoms with Crippen LogP contribution < -0.4 is 0 Å². The van der Waals surface area contributed by atoms with Crippen LogP contribution in [0.3, 0.4) is 0 Å². The van der Waals surface area contributed by atoms with E-state index in [1.807, 2.05) is 0 Å². The molecule has 0 aromatic heterocycles. The predicted octanol–water partition coefficient (Wildman–Crippen LogP) is 3.28. The average molecular weight is 295 g/mol. The number of halogens is 3. The molecule has 0 aliphatic heterocycles. The van der Waals surface area contributed by atoms with E-state index in [4.69, 9.17) is 0 Å². The van der Waals surface area contributed by atoms with Gasteiger partial charge in [0.05, 0.1) is 3.23 Å². The Bertz CT molecular complexity index is 44.9. The molecule has 0 nitrogen and oxygen atoms in total. The third kappa shape index (κ3) is 3.98. The van der Waals surface area contributed by atoms with Crippen molar-refractivity contribution in [2.45, 2.75) is 16.6 Å². The lowest BCUT2D eigenvalue weighted by Gasteiger charge is -2.12. The van der Waals surface area contributed by atoms with Gasteiger partial charge in [-0.3, -0.25) is 0 Å². The maximum atomic E-state index is 3.45. The quantitative estimate of drug-likeness (QED) is 0.686. The predicted molar refractivity (Wildman–Crippen MR) is 44.7 cm³/mol. The largest absolute Gasteiger partial charge is 0.0904 e. The van der Waals surface area contributed by atoms with Crippen LogP contribution in [0.4, 0.5) is 0 Å². The zero-order valence-corrected chi connectivity index (χ0v) is 8.81. The topological polar surface area (TPSA) is 0 Å². The lowest BCUT2D eigenvalue weighted by Crippen LogP contribution is -2.09. The molecule has 0 spiro atoms. The number of alkyl halides is 3. The van der Waals surface area contributed by atoms with Crippen LogP contribution in [0.2, 0.25) is 0 Å². The molecule has 0 fully saturated rings. The summed E-state index contributed by atoms with van der Waals surface area (Å²) in [5.74, 6) is 0. The van der Waals surface area contributed by atoms with Gasteiger partial charge in [-0.2, -0.15) is 0 Å². The Hall–Kier alpha value is 1.44. The van der Waals surface area contributed by atoms with Gasteiger partial charge in [-0.15, -0.1) is 0 Å². The Morgan fingerprint density at radius 2 is 1.86 bits per heavy atom. The Balaban J connectivity index is 3.36. The first-order chi connectivity index (χ1) is 3.12. The highest BCUT2D eigenvalue weighted by Gasteiger charge is 2.16.